The Balaban J connectivity index is 1.52. The van der Waals surface area contributed by atoms with Gasteiger partial charge in [-0.25, -0.2) is 4.98 Å². The van der Waals surface area contributed by atoms with Crippen LogP contribution in [-0.4, -0.2) is 27.7 Å². The highest BCUT2D eigenvalue weighted by Crippen LogP contribution is 2.33. The second kappa shape index (κ2) is 7.90. The number of anilines is 1. The van der Waals surface area contributed by atoms with Gasteiger partial charge in [-0.1, -0.05) is 12.8 Å². The van der Waals surface area contributed by atoms with Crippen LogP contribution < -0.4 is 10.1 Å². The molecule has 0 saturated heterocycles. The van der Waals surface area contributed by atoms with Gasteiger partial charge in [-0.15, -0.1) is 10.2 Å². The molecule has 0 bridgehead atoms. The molecule has 0 unspecified atom stereocenters. The van der Waals surface area contributed by atoms with Crippen LogP contribution in [0.1, 0.15) is 56.7 Å². The number of nitrogens with one attached hydrogen (secondary N) is 1. The zero-order valence-corrected chi connectivity index (χ0v) is 13.8. The molecule has 2 aromatic heterocycles. The average Bonchev–Trinajstić information content (AvgIpc) is 3.26. The molecule has 7 heteroatoms. The molecule has 2 heterocycles. The van der Waals surface area contributed by atoms with Gasteiger partial charge in [0.25, 0.3) is 0 Å². The van der Waals surface area contributed by atoms with Gasteiger partial charge in [0.05, 0.1) is 6.61 Å². The summed E-state index contributed by atoms with van der Waals surface area (Å²) in [5, 5.41) is 11.0. The molecule has 3 rings (SSSR count). The minimum Gasteiger partial charge on any atom is -0.476 e. The molecule has 0 aliphatic heterocycles. The fourth-order valence-corrected chi connectivity index (χ4v) is 2.88. The Morgan fingerprint density at radius 2 is 2.21 bits per heavy atom. The van der Waals surface area contributed by atoms with Gasteiger partial charge in [0.15, 0.2) is 0 Å². The highest BCUT2D eigenvalue weighted by molar-refractivity contribution is 5.91. The summed E-state index contributed by atoms with van der Waals surface area (Å²) < 4.78 is 11.1. The summed E-state index contributed by atoms with van der Waals surface area (Å²) in [6.07, 6.45) is 7.00. The van der Waals surface area contributed by atoms with Crippen molar-refractivity contribution >= 4 is 11.6 Å². The van der Waals surface area contributed by atoms with Gasteiger partial charge < -0.3 is 14.5 Å². The monoisotopic (exact) mass is 330 g/mol. The van der Waals surface area contributed by atoms with Crippen molar-refractivity contribution in [2.75, 3.05) is 11.9 Å². The van der Waals surface area contributed by atoms with Crippen molar-refractivity contribution in [1.29, 1.82) is 0 Å². The molecule has 1 aliphatic rings. The molecule has 0 spiro atoms. The van der Waals surface area contributed by atoms with E-state index in [4.69, 9.17) is 9.15 Å². The lowest BCUT2D eigenvalue weighted by Gasteiger charge is -2.09. The smallest absolute Gasteiger partial charge is 0.237 e. The molecule has 24 heavy (non-hydrogen) atoms. The molecule has 1 saturated carbocycles. The third-order valence-corrected chi connectivity index (χ3v) is 4.08. The Kier molecular flexibility index (Phi) is 5.40. The zero-order valence-electron chi connectivity index (χ0n) is 13.8. The Labute approximate surface area is 140 Å². The number of rotatable bonds is 7. The average molecular weight is 330 g/mol. The number of aryl methyl sites for hydroxylation is 1. The van der Waals surface area contributed by atoms with Gasteiger partial charge >= 0.3 is 0 Å². The molecule has 0 aromatic carbocycles. The van der Waals surface area contributed by atoms with Gasteiger partial charge in [0.1, 0.15) is 5.69 Å². The first-order chi connectivity index (χ1) is 11.8. The van der Waals surface area contributed by atoms with E-state index in [1.165, 1.54) is 12.8 Å². The van der Waals surface area contributed by atoms with Crippen LogP contribution in [-0.2, 0) is 11.2 Å². The Morgan fingerprint density at radius 3 is 3.00 bits per heavy atom. The topological polar surface area (TPSA) is 90.1 Å². The molecule has 7 nitrogen and oxygen atoms in total. The molecular weight excluding hydrogens is 308 g/mol. The Hall–Kier alpha value is -2.44. The van der Waals surface area contributed by atoms with Crippen molar-refractivity contribution < 1.29 is 13.9 Å². The third kappa shape index (κ3) is 4.10. The number of hydrogen-bond acceptors (Lipinski definition) is 6. The van der Waals surface area contributed by atoms with Crippen LogP contribution in [0.5, 0.6) is 5.88 Å². The lowest BCUT2D eigenvalue weighted by molar-refractivity contribution is -0.116. The summed E-state index contributed by atoms with van der Waals surface area (Å²) in [4.78, 5) is 16.2. The van der Waals surface area contributed by atoms with Crippen molar-refractivity contribution in [3.63, 3.8) is 0 Å². The van der Waals surface area contributed by atoms with E-state index in [2.05, 4.69) is 20.5 Å². The highest BCUT2D eigenvalue weighted by Gasteiger charge is 2.22. The maximum atomic E-state index is 12.1. The third-order valence-electron chi connectivity index (χ3n) is 4.08. The van der Waals surface area contributed by atoms with E-state index in [1.807, 2.05) is 6.92 Å². The van der Waals surface area contributed by atoms with Gasteiger partial charge in [0, 0.05) is 25.0 Å². The minimum atomic E-state index is -0.135. The first-order valence-corrected chi connectivity index (χ1v) is 8.46. The summed E-state index contributed by atoms with van der Waals surface area (Å²) in [6, 6.07) is 3.52. The first kappa shape index (κ1) is 16.4. The summed E-state index contributed by atoms with van der Waals surface area (Å²) in [6.45, 7) is 2.36. The number of nitrogens with zero attached hydrogens (tertiary/aromatic N) is 3. The van der Waals surface area contributed by atoms with E-state index in [0.29, 0.717) is 42.3 Å². The van der Waals surface area contributed by atoms with E-state index in [-0.39, 0.29) is 12.3 Å². The lowest BCUT2D eigenvalue weighted by atomic mass is 10.1. The van der Waals surface area contributed by atoms with E-state index in [9.17, 15) is 4.79 Å². The van der Waals surface area contributed by atoms with Crippen LogP contribution in [0.4, 0.5) is 5.69 Å². The lowest BCUT2D eigenvalue weighted by Crippen LogP contribution is -2.14. The zero-order chi connectivity index (χ0) is 16.8. The van der Waals surface area contributed by atoms with Crippen LogP contribution >= 0.6 is 0 Å². The van der Waals surface area contributed by atoms with Crippen molar-refractivity contribution in [3.05, 3.63) is 30.1 Å². The molecular formula is C17H22N4O3. The predicted molar refractivity (Wildman–Crippen MR) is 87.9 cm³/mol. The van der Waals surface area contributed by atoms with Crippen LogP contribution in [0.3, 0.4) is 0 Å². The first-order valence-electron chi connectivity index (χ1n) is 8.46. The van der Waals surface area contributed by atoms with E-state index in [1.54, 1.807) is 18.3 Å². The molecule has 1 fully saturated rings. The summed E-state index contributed by atoms with van der Waals surface area (Å²) in [5.41, 5.74) is 0.571. The molecule has 128 valence electrons. The molecule has 1 amide bonds. The molecule has 0 radical (unpaired) electrons. The number of carbonyl (C=O) groups is 1. The number of ether oxygens (including phenoxy) is 1. The fraction of sp³-hybridized carbons (Fsp3) is 0.529. The van der Waals surface area contributed by atoms with Crippen molar-refractivity contribution in [1.82, 2.24) is 15.2 Å². The quantitative estimate of drug-likeness (QED) is 0.839. The standard InChI is InChI=1S/C17H22N4O3/c1-2-23-17-13(8-5-11-18-17)19-14(22)9-10-15-20-21-16(24-15)12-6-3-4-7-12/h5,8,11-12H,2-4,6-7,9-10H2,1H3,(H,19,22). The largest absolute Gasteiger partial charge is 0.476 e. The van der Waals surface area contributed by atoms with Gasteiger partial charge in [-0.05, 0) is 31.9 Å². The van der Waals surface area contributed by atoms with Crippen molar-refractivity contribution in [2.24, 2.45) is 0 Å². The maximum Gasteiger partial charge on any atom is 0.237 e. The Morgan fingerprint density at radius 1 is 1.38 bits per heavy atom. The Bertz CT molecular complexity index is 680. The van der Waals surface area contributed by atoms with E-state index < -0.39 is 0 Å². The number of amides is 1. The summed E-state index contributed by atoms with van der Waals surface area (Å²) in [5.74, 6) is 1.92. The van der Waals surface area contributed by atoms with Crippen LogP contribution in [0.2, 0.25) is 0 Å². The number of aromatic nitrogens is 3. The maximum absolute atomic E-state index is 12.1. The highest BCUT2D eigenvalue weighted by atomic mass is 16.5. The van der Waals surface area contributed by atoms with Crippen molar-refractivity contribution in [3.8, 4) is 5.88 Å². The van der Waals surface area contributed by atoms with Crippen LogP contribution in [0, 0.1) is 0 Å². The molecule has 2 aromatic rings. The van der Waals surface area contributed by atoms with Crippen LogP contribution in [0.15, 0.2) is 22.7 Å². The number of carbonyl (C=O) groups excluding carboxylic acids is 1. The van der Waals surface area contributed by atoms with Gasteiger partial charge in [-0.2, -0.15) is 0 Å². The van der Waals surface area contributed by atoms with E-state index in [0.717, 1.165) is 12.8 Å². The van der Waals surface area contributed by atoms with Gasteiger partial charge in [0.2, 0.25) is 23.6 Å². The molecule has 1 N–H and O–H groups in total. The predicted octanol–water partition coefficient (Wildman–Crippen LogP) is 3.09. The van der Waals surface area contributed by atoms with E-state index >= 15 is 0 Å². The second-order valence-corrected chi connectivity index (χ2v) is 5.85. The second-order valence-electron chi connectivity index (χ2n) is 5.85. The number of hydrogen-bond donors (Lipinski definition) is 1. The fourth-order valence-electron chi connectivity index (χ4n) is 2.88. The number of pyridine rings is 1. The molecule has 1 aliphatic carbocycles. The summed E-state index contributed by atoms with van der Waals surface area (Å²) >= 11 is 0. The van der Waals surface area contributed by atoms with Gasteiger partial charge in [-0.3, -0.25) is 4.79 Å². The van der Waals surface area contributed by atoms with Crippen molar-refractivity contribution in [2.45, 2.75) is 51.4 Å². The van der Waals surface area contributed by atoms with Crippen LogP contribution in [0.25, 0.3) is 0 Å². The SMILES string of the molecule is CCOc1ncccc1NC(=O)CCc1nnc(C2CCCC2)o1. The normalized spacial score (nSPS) is 14.7. The molecule has 0 atom stereocenters. The minimum absolute atomic E-state index is 0.135. The summed E-state index contributed by atoms with van der Waals surface area (Å²) in [7, 11) is 0.